The first-order valence-corrected chi connectivity index (χ1v) is 12.0. The van der Waals surface area contributed by atoms with E-state index in [0.717, 1.165) is 12.0 Å². The van der Waals surface area contributed by atoms with Gasteiger partial charge in [-0.1, -0.05) is 30.3 Å². The van der Waals surface area contributed by atoms with Gasteiger partial charge in [0, 0.05) is 32.7 Å². The van der Waals surface area contributed by atoms with Crippen LogP contribution >= 0.6 is 0 Å². The summed E-state index contributed by atoms with van der Waals surface area (Å²) in [5.41, 5.74) is 1.48. The van der Waals surface area contributed by atoms with Gasteiger partial charge in [-0.15, -0.1) is 0 Å². The largest absolute Gasteiger partial charge is 0.479 e. The molecule has 3 amide bonds. The highest BCUT2D eigenvalue weighted by Gasteiger charge is 2.32. The number of benzene rings is 2. The fourth-order valence-corrected chi connectivity index (χ4v) is 5.15. The summed E-state index contributed by atoms with van der Waals surface area (Å²) in [5.74, 6) is 0.118. The molecular weight excluding hydrogens is 432 g/mol. The summed E-state index contributed by atoms with van der Waals surface area (Å²) in [5, 5.41) is 5.56. The Morgan fingerprint density at radius 1 is 1.12 bits per heavy atom. The van der Waals surface area contributed by atoms with E-state index in [1.165, 1.54) is 16.4 Å². The number of sulfonamides is 1. The maximum Gasteiger partial charge on any atom is 0.317 e. The van der Waals surface area contributed by atoms with Gasteiger partial charge in [0.1, 0.15) is 5.75 Å². The first-order chi connectivity index (χ1) is 15.3. The summed E-state index contributed by atoms with van der Waals surface area (Å²) in [7, 11) is -3.76. The summed E-state index contributed by atoms with van der Waals surface area (Å²) in [6, 6.07) is 14.1. The normalized spacial score (nSPS) is 19.0. The molecule has 2 heterocycles. The van der Waals surface area contributed by atoms with Gasteiger partial charge >= 0.3 is 6.03 Å². The Morgan fingerprint density at radius 2 is 1.84 bits per heavy atom. The molecule has 1 saturated heterocycles. The number of amides is 3. The molecule has 4 rings (SSSR count). The van der Waals surface area contributed by atoms with Gasteiger partial charge in [-0.05, 0) is 37.1 Å². The molecule has 10 heteroatoms. The number of carbonyl (C=O) groups excluding carboxylic acids is 2. The smallest absolute Gasteiger partial charge is 0.317 e. The van der Waals surface area contributed by atoms with Crippen molar-refractivity contribution in [1.29, 1.82) is 0 Å². The maximum absolute atomic E-state index is 13.1. The number of carbonyl (C=O) groups is 2. The van der Waals surface area contributed by atoms with E-state index < -0.39 is 16.1 Å². The van der Waals surface area contributed by atoms with Gasteiger partial charge in [-0.25, -0.2) is 13.2 Å². The molecule has 0 unspecified atom stereocenters. The average molecular weight is 459 g/mol. The molecule has 0 bridgehead atoms. The fourth-order valence-electron chi connectivity index (χ4n) is 3.70. The second-order valence-corrected chi connectivity index (χ2v) is 9.70. The number of piperazine rings is 1. The number of nitrogens with one attached hydrogen (secondary N) is 2. The van der Waals surface area contributed by atoms with Gasteiger partial charge in [0.25, 0.3) is 5.91 Å². The summed E-state index contributed by atoms with van der Waals surface area (Å²) in [6.45, 7) is 3.15. The highest BCUT2D eigenvalue weighted by atomic mass is 32.2. The van der Waals surface area contributed by atoms with Crippen LogP contribution in [0.1, 0.15) is 12.5 Å². The molecule has 2 N–H and O–H groups in total. The molecule has 2 aliphatic heterocycles. The lowest BCUT2D eigenvalue weighted by molar-refractivity contribution is -0.122. The lowest BCUT2D eigenvalue weighted by Gasteiger charge is -2.34. The zero-order chi connectivity index (χ0) is 22.7. The Bertz CT molecular complexity index is 1100. The quantitative estimate of drug-likeness (QED) is 0.709. The van der Waals surface area contributed by atoms with Crippen LogP contribution in [0.4, 0.5) is 10.5 Å². The Morgan fingerprint density at radius 3 is 2.56 bits per heavy atom. The number of rotatable bonds is 5. The lowest BCUT2D eigenvalue weighted by Crippen LogP contribution is -2.53. The minimum absolute atomic E-state index is 0.0791. The van der Waals surface area contributed by atoms with Crippen molar-refractivity contribution in [3.63, 3.8) is 0 Å². The van der Waals surface area contributed by atoms with Crippen molar-refractivity contribution in [3.05, 3.63) is 54.1 Å². The van der Waals surface area contributed by atoms with Crippen molar-refractivity contribution in [1.82, 2.24) is 14.5 Å². The minimum Gasteiger partial charge on any atom is -0.479 e. The zero-order valence-electron chi connectivity index (χ0n) is 17.8. The lowest BCUT2D eigenvalue weighted by atomic mass is 10.1. The molecule has 0 spiro atoms. The van der Waals surface area contributed by atoms with E-state index in [0.29, 0.717) is 31.1 Å². The first kappa shape index (κ1) is 22.1. The molecule has 2 aliphatic rings. The Labute approximate surface area is 187 Å². The van der Waals surface area contributed by atoms with Crippen molar-refractivity contribution in [2.45, 2.75) is 24.3 Å². The minimum atomic E-state index is -3.76. The number of hydrogen-bond acceptors (Lipinski definition) is 5. The number of nitrogens with zero attached hydrogens (tertiary/aromatic N) is 2. The molecule has 9 nitrogen and oxygen atoms in total. The van der Waals surface area contributed by atoms with E-state index in [1.54, 1.807) is 17.9 Å². The molecule has 1 atom stereocenters. The SMILES string of the molecule is C[C@@H]1Oc2ccc(S(=O)(=O)N3CCN(C(=O)NCCc4ccccc4)CC3)cc2NC1=O. The van der Waals surface area contributed by atoms with E-state index in [-0.39, 0.29) is 29.9 Å². The van der Waals surface area contributed by atoms with E-state index in [4.69, 9.17) is 4.74 Å². The number of urea groups is 1. The van der Waals surface area contributed by atoms with Crippen molar-refractivity contribution in [3.8, 4) is 5.75 Å². The third kappa shape index (κ3) is 4.71. The van der Waals surface area contributed by atoms with Crippen LogP contribution in [0.5, 0.6) is 5.75 Å². The molecule has 170 valence electrons. The highest BCUT2D eigenvalue weighted by molar-refractivity contribution is 7.89. The third-order valence-electron chi connectivity index (χ3n) is 5.58. The number of fused-ring (bicyclic) bond motifs is 1. The van der Waals surface area contributed by atoms with E-state index in [9.17, 15) is 18.0 Å². The summed E-state index contributed by atoms with van der Waals surface area (Å²) >= 11 is 0. The van der Waals surface area contributed by atoms with Gasteiger partial charge < -0.3 is 20.3 Å². The first-order valence-electron chi connectivity index (χ1n) is 10.5. The summed E-state index contributed by atoms with van der Waals surface area (Å²) in [4.78, 5) is 26.0. The van der Waals surface area contributed by atoms with Crippen LogP contribution in [0.2, 0.25) is 0 Å². The number of anilines is 1. The third-order valence-corrected chi connectivity index (χ3v) is 7.47. The monoisotopic (exact) mass is 458 g/mol. The second-order valence-electron chi connectivity index (χ2n) is 7.77. The van der Waals surface area contributed by atoms with Crippen LogP contribution in [0.15, 0.2) is 53.4 Å². The van der Waals surface area contributed by atoms with Gasteiger partial charge in [0.2, 0.25) is 10.0 Å². The molecule has 2 aromatic rings. The van der Waals surface area contributed by atoms with Crippen LogP contribution in [0.3, 0.4) is 0 Å². The van der Waals surface area contributed by atoms with E-state index in [1.807, 2.05) is 30.3 Å². The van der Waals surface area contributed by atoms with E-state index in [2.05, 4.69) is 10.6 Å². The molecular formula is C22H26N4O5S. The van der Waals surface area contributed by atoms with Crippen LogP contribution in [0.25, 0.3) is 0 Å². The summed E-state index contributed by atoms with van der Waals surface area (Å²) in [6.07, 6.45) is 0.107. The van der Waals surface area contributed by atoms with Crippen molar-refractivity contribution in [2.24, 2.45) is 0 Å². The number of hydrogen-bond donors (Lipinski definition) is 2. The molecule has 0 radical (unpaired) electrons. The van der Waals surface area contributed by atoms with Crippen LogP contribution in [0, 0.1) is 0 Å². The molecule has 32 heavy (non-hydrogen) atoms. The highest BCUT2D eigenvalue weighted by Crippen LogP contribution is 2.32. The van der Waals surface area contributed by atoms with Gasteiger partial charge in [-0.2, -0.15) is 4.31 Å². The zero-order valence-corrected chi connectivity index (χ0v) is 18.6. The van der Waals surface area contributed by atoms with Crippen LogP contribution in [-0.4, -0.2) is 68.4 Å². The topological polar surface area (TPSA) is 108 Å². The molecule has 1 fully saturated rings. The molecule has 0 aliphatic carbocycles. The van der Waals surface area contributed by atoms with Crippen LogP contribution in [-0.2, 0) is 21.2 Å². The van der Waals surface area contributed by atoms with Gasteiger partial charge in [0.15, 0.2) is 6.10 Å². The van der Waals surface area contributed by atoms with Crippen molar-refractivity contribution >= 4 is 27.6 Å². The van der Waals surface area contributed by atoms with E-state index >= 15 is 0 Å². The van der Waals surface area contributed by atoms with Crippen molar-refractivity contribution in [2.75, 3.05) is 38.0 Å². The second kappa shape index (κ2) is 9.17. The Hall–Kier alpha value is -3.11. The van der Waals surface area contributed by atoms with Gasteiger partial charge in [0.05, 0.1) is 10.6 Å². The Kier molecular flexibility index (Phi) is 6.33. The van der Waals surface area contributed by atoms with Crippen LogP contribution < -0.4 is 15.4 Å². The Balaban J connectivity index is 1.33. The average Bonchev–Trinajstić information content (AvgIpc) is 2.80. The molecule has 0 saturated carbocycles. The predicted octanol–water partition coefficient (Wildman–Crippen LogP) is 1.66. The maximum atomic E-state index is 13.1. The molecule has 2 aromatic carbocycles. The van der Waals surface area contributed by atoms with Gasteiger partial charge in [-0.3, -0.25) is 4.79 Å². The predicted molar refractivity (Wildman–Crippen MR) is 119 cm³/mol. The van der Waals surface area contributed by atoms with Crippen molar-refractivity contribution < 1.29 is 22.7 Å². The summed E-state index contributed by atoms with van der Waals surface area (Å²) < 4.78 is 33.0. The standard InChI is InChI=1S/C22H26N4O5S/c1-16-21(27)24-19-15-18(7-8-20(19)31-16)32(29,30)26-13-11-25(12-14-26)22(28)23-10-9-17-5-3-2-4-6-17/h2-8,15-16H,9-14H2,1H3,(H,23,28)(H,24,27)/t16-/m0/s1. The fraction of sp³-hybridized carbons (Fsp3) is 0.364. The number of ether oxygens (including phenoxy) is 1. The molecule has 0 aromatic heterocycles.